The Morgan fingerprint density at radius 3 is 2.83 bits per heavy atom. The second-order valence-electron chi connectivity index (χ2n) is 3.72. The normalized spacial score (nSPS) is 11.7. The van der Waals surface area contributed by atoms with Gasteiger partial charge in [-0.25, -0.2) is 9.59 Å². The van der Waals surface area contributed by atoms with Gasteiger partial charge in [-0.05, 0) is 19.2 Å². The summed E-state index contributed by atoms with van der Waals surface area (Å²) in [4.78, 5) is 26.0. The van der Waals surface area contributed by atoms with Crippen LogP contribution in [0.25, 0.3) is 0 Å². The van der Waals surface area contributed by atoms with Crippen molar-refractivity contribution in [2.24, 2.45) is 0 Å². The van der Waals surface area contributed by atoms with Crippen LogP contribution in [0.5, 0.6) is 0 Å². The van der Waals surface area contributed by atoms with Crippen LogP contribution in [-0.4, -0.2) is 40.1 Å². The molecule has 1 atom stereocenters. The minimum absolute atomic E-state index is 0.0324. The monoisotopic (exact) mass is 269 g/mol. The molecular weight excluding hydrogens is 254 g/mol. The van der Waals surface area contributed by atoms with Crippen LogP contribution in [0.1, 0.15) is 17.3 Å². The summed E-state index contributed by atoms with van der Waals surface area (Å²) in [5.74, 6) is -0.275. The predicted molar refractivity (Wildman–Crippen MR) is 71.2 cm³/mol. The van der Waals surface area contributed by atoms with Crippen molar-refractivity contribution in [1.82, 2.24) is 10.3 Å². The Hall–Kier alpha value is -1.76. The SMILES string of the molecule is CSCC(C)NC(=O)Nc1cncc(C(=O)O)c1. The van der Waals surface area contributed by atoms with Crippen LogP contribution in [0.4, 0.5) is 10.5 Å². The first-order valence-corrected chi connectivity index (χ1v) is 6.67. The van der Waals surface area contributed by atoms with Crippen LogP contribution in [0, 0.1) is 0 Å². The van der Waals surface area contributed by atoms with Gasteiger partial charge in [-0.3, -0.25) is 4.98 Å². The molecule has 1 unspecified atom stereocenters. The van der Waals surface area contributed by atoms with Crippen molar-refractivity contribution < 1.29 is 14.7 Å². The first kappa shape index (κ1) is 14.3. The fraction of sp³-hybridized carbons (Fsp3) is 0.364. The molecule has 0 saturated carbocycles. The molecule has 1 rings (SSSR count). The van der Waals surface area contributed by atoms with Gasteiger partial charge in [0, 0.05) is 18.0 Å². The quantitative estimate of drug-likeness (QED) is 0.756. The molecule has 1 heterocycles. The smallest absolute Gasteiger partial charge is 0.337 e. The molecule has 3 N–H and O–H groups in total. The lowest BCUT2D eigenvalue weighted by Gasteiger charge is -2.13. The Labute approximate surface area is 109 Å². The first-order valence-electron chi connectivity index (χ1n) is 5.27. The van der Waals surface area contributed by atoms with Crippen LogP contribution in [0.2, 0.25) is 0 Å². The van der Waals surface area contributed by atoms with Gasteiger partial charge < -0.3 is 15.7 Å². The number of hydrogen-bond donors (Lipinski definition) is 3. The number of hydrogen-bond acceptors (Lipinski definition) is 4. The van der Waals surface area contributed by atoms with E-state index < -0.39 is 5.97 Å². The molecule has 7 heteroatoms. The summed E-state index contributed by atoms with van der Waals surface area (Å²) in [6, 6.07) is 1.02. The average molecular weight is 269 g/mol. The molecule has 0 spiro atoms. The van der Waals surface area contributed by atoms with Crippen LogP contribution < -0.4 is 10.6 Å². The van der Waals surface area contributed by atoms with Gasteiger partial charge in [-0.15, -0.1) is 0 Å². The average Bonchev–Trinajstić information content (AvgIpc) is 2.29. The Kier molecular flexibility index (Phi) is 5.44. The molecule has 0 fully saturated rings. The van der Waals surface area contributed by atoms with Crippen molar-refractivity contribution in [3.63, 3.8) is 0 Å². The Morgan fingerprint density at radius 2 is 2.22 bits per heavy atom. The van der Waals surface area contributed by atoms with E-state index in [0.29, 0.717) is 5.69 Å². The second-order valence-corrected chi connectivity index (χ2v) is 4.63. The molecule has 18 heavy (non-hydrogen) atoms. The van der Waals surface area contributed by atoms with Crippen LogP contribution in [-0.2, 0) is 0 Å². The second kappa shape index (κ2) is 6.85. The van der Waals surface area contributed by atoms with Crippen molar-refractivity contribution in [2.45, 2.75) is 13.0 Å². The summed E-state index contributed by atoms with van der Waals surface area (Å²) < 4.78 is 0. The maximum Gasteiger partial charge on any atom is 0.337 e. The number of carbonyl (C=O) groups is 2. The van der Waals surface area contributed by atoms with E-state index in [2.05, 4.69) is 15.6 Å². The largest absolute Gasteiger partial charge is 0.478 e. The highest BCUT2D eigenvalue weighted by atomic mass is 32.2. The summed E-state index contributed by atoms with van der Waals surface area (Å²) in [6.45, 7) is 1.89. The van der Waals surface area contributed by atoms with Gasteiger partial charge in [-0.1, -0.05) is 0 Å². The molecule has 0 bridgehead atoms. The third-order valence-corrected chi connectivity index (χ3v) is 2.87. The highest BCUT2D eigenvalue weighted by Crippen LogP contribution is 2.08. The molecular formula is C11H15N3O3S. The lowest BCUT2D eigenvalue weighted by Crippen LogP contribution is -2.37. The number of thioether (sulfide) groups is 1. The third kappa shape index (κ3) is 4.62. The molecule has 0 aromatic carbocycles. The van der Waals surface area contributed by atoms with E-state index in [1.54, 1.807) is 11.8 Å². The molecule has 0 saturated heterocycles. The minimum Gasteiger partial charge on any atom is -0.478 e. The lowest BCUT2D eigenvalue weighted by molar-refractivity contribution is 0.0696. The van der Waals surface area contributed by atoms with E-state index in [0.717, 1.165) is 5.75 Å². The number of carboxylic acids is 1. The number of nitrogens with one attached hydrogen (secondary N) is 2. The van der Waals surface area contributed by atoms with Gasteiger partial charge in [0.15, 0.2) is 0 Å². The van der Waals surface area contributed by atoms with E-state index in [9.17, 15) is 9.59 Å². The molecule has 0 aliphatic carbocycles. The van der Waals surface area contributed by atoms with Crippen LogP contribution in [0.15, 0.2) is 18.5 Å². The zero-order valence-electron chi connectivity index (χ0n) is 10.1. The number of nitrogens with zero attached hydrogens (tertiary/aromatic N) is 1. The van der Waals surface area contributed by atoms with Crippen molar-refractivity contribution >= 4 is 29.4 Å². The Balaban J connectivity index is 2.59. The predicted octanol–water partition coefficient (Wildman–Crippen LogP) is 1.65. The highest BCUT2D eigenvalue weighted by molar-refractivity contribution is 7.98. The number of anilines is 1. The van der Waals surface area contributed by atoms with Crippen molar-refractivity contribution in [3.8, 4) is 0 Å². The van der Waals surface area contributed by atoms with E-state index in [1.165, 1.54) is 18.5 Å². The molecule has 0 aliphatic rings. The van der Waals surface area contributed by atoms with Gasteiger partial charge >= 0.3 is 12.0 Å². The molecule has 2 amide bonds. The van der Waals surface area contributed by atoms with Gasteiger partial charge in [0.1, 0.15) is 0 Å². The third-order valence-electron chi connectivity index (χ3n) is 2.04. The Morgan fingerprint density at radius 1 is 1.50 bits per heavy atom. The first-order chi connectivity index (χ1) is 8.52. The lowest BCUT2D eigenvalue weighted by atomic mass is 10.2. The number of carboxylic acid groups (broad SMARTS) is 1. The van der Waals surface area contributed by atoms with E-state index in [1.807, 2.05) is 13.2 Å². The summed E-state index contributed by atoms with van der Waals surface area (Å²) in [5, 5.41) is 14.1. The van der Waals surface area contributed by atoms with Crippen LogP contribution in [0.3, 0.4) is 0 Å². The molecule has 1 aromatic heterocycles. The van der Waals surface area contributed by atoms with E-state index in [-0.39, 0.29) is 17.6 Å². The van der Waals surface area contributed by atoms with Crippen LogP contribution >= 0.6 is 11.8 Å². The van der Waals surface area contributed by atoms with Gasteiger partial charge in [0.05, 0.1) is 17.4 Å². The summed E-state index contributed by atoms with van der Waals surface area (Å²) in [7, 11) is 0. The topological polar surface area (TPSA) is 91.3 Å². The molecule has 0 radical (unpaired) electrons. The number of aromatic carboxylic acids is 1. The standard InChI is InChI=1S/C11H15N3O3S/c1-7(6-18-2)13-11(17)14-9-3-8(10(15)16)4-12-5-9/h3-5,7H,6H2,1-2H3,(H,15,16)(H2,13,14,17). The molecule has 1 aromatic rings. The van der Waals surface area contributed by atoms with Gasteiger partial charge in [-0.2, -0.15) is 11.8 Å². The van der Waals surface area contributed by atoms with Crippen molar-refractivity contribution in [3.05, 3.63) is 24.0 Å². The number of rotatable bonds is 5. The minimum atomic E-state index is -1.08. The molecule has 6 nitrogen and oxygen atoms in total. The maximum absolute atomic E-state index is 11.6. The maximum atomic E-state index is 11.6. The molecule has 0 aliphatic heterocycles. The highest BCUT2D eigenvalue weighted by Gasteiger charge is 2.09. The zero-order chi connectivity index (χ0) is 13.5. The number of pyridine rings is 1. The summed E-state index contributed by atoms with van der Waals surface area (Å²) in [5.41, 5.74) is 0.383. The number of amides is 2. The fourth-order valence-electron chi connectivity index (χ4n) is 1.31. The summed E-state index contributed by atoms with van der Waals surface area (Å²) >= 11 is 1.63. The summed E-state index contributed by atoms with van der Waals surface area (Å²) in [6.07, 6.45) is 4.57. The number of aromatic nitrogens is 1. The van der Waals surface area contributed by atoms with Crippen molar-refractivity contribution in [2.75, 3.05) is 17.3 Å². The van der Waals surface area contributed by atoms with Gasteiger partial charge in [0.2, 0.25) is 0 Å². The van der Waals surface area contributed by atoms with Gasteiger partial charge in [0.25, 0.3) is 0 Å². The van der Waals surface area contributed by atoms with E-state index >= 15 is 0 Å². The fourth-order valence-corrected chi connectivity index (χ4v) is 1.89. The zero-order valence-corrected chi connectivity index (χ0v) is 11.0. The molecule has 98 valence electrons. The Bertz CT molecular complexity index is 439. The van der Waals surface area contributed by atoms with Crippen molar-refractivity contribution in [1.29, 1.82) is 0 Å². The number of carbonyl (C=O) groups excluding carboxylic acids is 1. The number of urea groups is 1. The van der Waals surface area contributed by atoms with E-state index in [4.69, 9.17) is 5.11 Å².